The molecule has 1 amide bonds. The molecule has 1 aliphatic rings. The number of hydrogen-bond acceptors (Lipinski definition) is 3. The highest BCUT2D eigenvalue weighted by molar-refractivity contribution is 5.81. The lowest BCUT2D eigenvalue weighted by molar-refractivity contribution is 0.118. The van der Waals surface area contributed by atoms with Gasteiger partial charge < -0.3 is 9.64 Å². The maximum atomic E-state index is 12.3. The zero-order valence-electron chi connectivity index (χ0n) is 12.5. The van der Waals surface area contributed by atoms with Crippen molar-refractivity contribution in [2.75, 3.05) is 6.54 Å². The Hall–Kier alpha value is -2.10. The smallest absolute Gasteiger partial charge is 0.410 e. The summed E-state index contributed by atoms with van der Waals surface area (Å²) in [6.45, 7) is 4.83. The van der Waals surface area contributed by atoms with Crippen LogP contribution in [0.25, 0.3) is 10.9 Å². The van der Waals surface area contributed by atoms with Gasteiger partial charge in [-0.1, -0.05) is 6.07 Å². The summed E-state index contributed by atoms with van der Waals surface area (Å²) in [6.07, 6.45) is 3.05. The Labute approximate surface area is 124 Å². The molecular weight excluding hydrogens is 264 g/mol. The summed E-state index contributed by atoms with van der Waals surface area (Å²) in [7, 11) is 0. The van der Waals surface area contributed by atoms with E-state index in [-0.39, 0.29) is 12.1 Å². The molecule has 2 aromatic rings. The number of likely N-dealkylation sites (tertiary alicyclic amines) is 1. The van der Waals surface area contributed by atoms with Gasteiger partial charge in [-0.2, -0.15) is 0 Å². The average molecular weight is 284 g/mol. The molecule has 0 spiro atoms. The first-order valence-corrected chi connectivity index (χ1v) is 7.49. The van der Waals surface area contributed by atoms with Gasteiger partial charge in [-0.3, -0.25) is 4.98 Å². The van der Waals surface area contributed by atoms with Crippen LogP contribution >= 0.6 is 0 Å². The summed E-state index contributed by atoms with van der Waals surface area (Å²) in [4.78, 5) is 18.5. The zero-order chi connectivity index (χ0) is 14.8. The lowest BCUT2D eigenvalue weighted by Crippen LogP contribution is -2.43. The Morgan fingerprint density at radius 3 is 2.95 bits per heavy atom. The highest BCUT2D eigenvalue weighted by atomic mass is 16.6. The Kier molecular flexibility index (Phi) is 3.78. The summed E-state index contributed by atoms with van der Waals surface area (Å²) in [5.74, 6) is 0.580. The Bertz CT molecular complexity index is 669. The molecule has 0 N–H and O–H groups in total. The second-order valence-electron chi connectivity index (χ2n) is 5.71. The quantitative estimate of drug-likeness (QED) is 0.797. The number of ether oxygens (including phenoxy) is 1. The highest BCUT2D eigenvalue weighted by Gasteiger charge is 2.24. The van der Waals surface area contributed by atoms with Gasteiger partial charge in [-0.05, 0) is 57.4 Å². The van der Waals surface area contributed by atoms with Crippen LogP contribution in [-0.4, -0.2) is 28.6 Å². The fraction of sp³-hybridized carbons (Fsp3) is 0.412. The first kappa shape index (κ1) is 13.9. The van der Waals surface area contributed by atoms with Gasteiger partial charge in [0.25, 0.3) is 0 Å². The number of piperidine rings is 1. The van der Waals surface area contributed by atoms with Gasteiger partial charge in [0.1, 0.15) is 5.75 Å². The van der Waals surface area contributed by atoms with Crippen molar-refractivity contribution in [3.8, 4) is 5.75 Å². The summed E-state index contributed by atoms with van der Waals surface area (Å²) < 4.78 is 5.52. The minimum atomic E-state index is -0.248. The molecule has 1 aliphatic heterocycles. The predicted molar refractivity (Wildman–Crippen MR) is 82.5 cm³/mol. The third kappa shape index (κ3) is 2.99. The monoisotopic (exact) mass is 284 g/mol. The van der Waals surface area contributed by atoms with Crippen LogP contribution in [0.15, 0.2) is 30.3 Å². The van der Waals surface area contributed by atoms with E-state index in [0.29, 0.717) is 5.75 Å². The van der Waals surface area contributed by atoms with Gasteiger partial charge >= 0.3 is 6.09 Å². The third-order valence-corrected chi connectivity index (χ3v) is 4.04. The topological polar surface area (TPSA) is 42.4 Å². The molecule has 4 nitrogen and oxygen atoms in total. The van der Waals surface area contributed by atoms with Crippen LogP contribution in [-0.2, 0) is 0 Å². The van der Waals surface area contributed by atoms with Crippen molar-refractivity contribution in [1.82, 2.24) is 9.88 Å². The number of nitrogens with zero attached hydrogens (tertiary/aromatic N) is 2. The fourth-order valence-electron chi connectivity index (χ4n) is 2.80. The summed E-state index contributed by atoms with van der Waals surface area (Å²) in [6, 6.07) is 9.79. The van der Waals surface area contributed by atoms with Gasteiger partial charge in [-0.25, -0.2) is 4.79 Å². The van der Waals surface area contributed by atoms with Crippen LogP contribution in [0.1, 0.15) is 31.9 Å². The van der Waals surface area contributed by atoms with Crippen molar-refractivity contribution in [3.05, 3.63) is 36.0 Å². The first-order valence-electron chi connectivity index (χ1n) is 7.49. The number of amides is 1. The first-order chi connectivity index (χ1) is 10.1. The molecule has 1 unspecified atom stereocenters. The normalized spacial score (nSPS) is 18.8. The van der Waals surface area contributed by atoms with Crippen molar-refractivity contribution in [3.63, 3.8) is 0 Å². The minimum Gasteiger partial charge on any atom is -0.410 e. The van der Waals surface area contributed by atoms with E-state index in [1.807, 2.05) is 36.1 Å². The molecule has 2 heterocycles. The van der Waals surface area contributed by atoms with Crippen LogP contribution in [0.2, 0.25) is 0 Å². The molecule has 1 aromatic carbocycles. The van der Waals surface area contributed by atoms with E-state index in [1.54, 1.807) is 6.07 Å². The van der Waals surface area contributed by atoms with E-state index >= 15 is 0 Å². The van der Waals surface area contributed by atoms with E-state index < -0.39 is 0 Å². The maximum absolute atomic E-state index is 12.3. The Balaban J connectivity index is 1.78. The maximum Gasteiger partial charge on any atom is 0.415 e. The minimum absolute atomic E-state index is 0.248. The van der Waals surface area contributed by atoms with E-state index in [4.69, 9.17) is 4.74 Å². The summed E-state index contributed by atoms with van der Waals surface area (Å²) in [5, 5.41) is 0.984. The van der Waals surface area contributed by atoms with Gasteiger partial charge in [0.2, 0.25) is 0 Å². The highest BCUT2D eigenvalue weighted by Crippen LogP contribution is 2.22. The number of rotatable bonds is 1. The van der Waals surface area contributed by atoms with Crippen LogP contribution in [0.4, 0.5) is 4.79 Å². The van der Waals surface area contributed by atoms with Crippen LogP contribution in [0.5, 0.6) is 5.75 Å². The van der Waals surface area contributed by atoms with Gasteiger partial charge in [0.05, 0.1) is 5.52 Å². The van der Waals surface area contributed by atoms with Gasteiger partial charge in [0, 0.05) is 23.7 Å². The number of pyridine rings is 1. The Morgan fingerprint density at radius 1 is 1.29 bits per heavy atom. The number of carbonyl (C=O) groups is 1. The van der Waals surface area contributed by atoms with E-state index in [9.17, 15) is 4.79 Å². The number of benzene rings is 1. The Morgan fingerprint density at radius 2 is 2.14 bits per heavy atom. The van der Waals surface area contributed by atoms with Crippen molar-refractivity contribution in [1.29, 1.82) is 0 Å². The fourth-order valence-corrected chi connectivity index (χ4v) is 2.80. The molecule has 1 atom stereocenters. The van der Waals surface area contributed by atoms with Gasteiger partial charge in [0.15, 0.2) is 0 Å². The van der Waals surface area contributed by atoms with Crippen molar-refractivity contribution in [2.45, 2.75) is 39.2 Å². The van der Waals surface area contributed by atoms with E-state index in [2.05, 4.69) is 11.9 Å². The molecule has 1 aromatic heterocycles. The second-order valence-corrected chi connectivity index (χ2v) is 5.71. The van der Waals surface area contributed by atoms with Crippen LogP contribution < -0.4 is 4.74 Å². The van der Waals surface area contributed by atoms with Crippen molar-refractivity contribution >= 4 is 17.0 Å². The van der Waals surface area contributed by atoms with Crippen LogP contribution in [0, 0.1) is 6.92 Å². The molecule has 0 bridgehead atoms. The SMILES string of the molecule is Cc1ccc2cc(OC(=O)N3CCCCC3C)ccc2n1. The summed E-state index contributed by atoms with van der Waals surface area (Å²) >= 11 is 0. The average Bonchev–Trinajstić information content (AvgIpc) is 2.48. The number of aromatic nitrogens is 1. The van der Waals surface area contributed by atoms with E-state index in [0.717, 1.165) is 36.0 Å². The molecule has 3 rings (SSSR count). The van der Waals surface area contributed by atoms with E-state index in [1.165, 1.54) is 6.42 Å². The molecule has 4 heteroatoms. The zero-order valence-corrected chi connectivity index (χ0v) is 12.5. The molecule has 21 heavy (non-hydrogen) atoms. The molecule has 0 aliphatic carbocycles. The summed E-state index contributed by atoms with van der Waals surface area (Å²) in [5.41, 5.74) is 1.90. The number of hydrogen-bond donors (Lipinski definition) is 0. The third-order valence-electron chi connectivity index (χ3n) is 4.04. The number of aryl methyl sites for hydroxylation is 1. The number of fused-ring (bicyclic) bond motifs is 1. The predicted octanol–water partition coefficient (Wildman–Crippen LogP) is 3.92. The molecule has 0 radical (unpaired) electrons. The van der Waals surface area contributed by atoms with Crippen molar-refractivity contribution < 1.29 is 9.53 Å². The largest absolute Gasteiger partial charge is 0.415 e. The molecular formula is C17H20N2O2. The molecule has 1 saturated heterocycles. The second kappa shape index (κ2) is 5.72. The van der Waals surface area contributed by atoms with Crippen LogP contribution in [0.3, 0.4) is 0 Å². The number of carbonyl (C=O) groups excluding carboxylic acids is 1. The lowest BCUT2D eigenvalue weighted by atomic mass is 10.0. The lowest BCUT2D eigenvalue weighted by Gasteiger charge is -2.32. The standard InChI is InChI=1S/C17H20N2O2/c1-12-6-7-14-11-15(8-9-16(14)18-12)21-17(20)19-10-4-3-5-13(19)2/h6-9,11,13H,3-5,10H2,1-2H3. The van der Waals surface area contributed by atoms with Crippen molar-refractivity contribution in [2.24, 2.45) is 0 Å². The van der Waals surface area contributed by atoms with Gasteiger partial charge in [-0.15, -0.1) is 0 Å². The molecule has 1 fully saturated rings. The molecule has 110 valence electrons. The molecule has 0 saturated carbocycles.